The summed E-state index contributed by atoms with van der Waals surface area (Å²) in [6.07, 6.45) is -0.0274. The summed E-state index contributed by atoms with van der Waals surface area (Å²) in [6, 6.07) is 0. The van der Waals surface area contributed by atoms with Gasteiger partial charge in [-0.2, -0.15) is 0 Å². The normalized spacial score (nSPS) is 42.2. The molecule has 0 N–H and O–H groups in total. The Morgan fingerprint density at radius 1 is 1.53 bits per heavy atom. The molecule has 0 aliphatic carbocycles. The maximum atomic E-state index is 11.6. The second-order valence-electron chi connectivity index (χ2n) is 4.92. The van der Waals surface area contributed by atoms with Crippen molar-refractivity contribution in [2.75, 3.05) is 6.61 Å². The molecule has 5 nitrogen and oxygen atoms in total. The van der Waals surface area contributed by atoms with Crippen molar-refractivity contribution in [3.63, 3.8) is 0 Å². The van der Waals surface area contributed by atoms with E-state index < -0.39 is 5.97 Å². The zero-order chi connectivity index (χ0) is 12.2. The van der Waals surface area contributed by atoms with Gasteiger partial charge < -0.3 is 14.2 Å². The first-order chi connectivity index (χ1) is 8.08. The molecule has 0 saturated carbocycles. The van der Waals surface area contributed by atoms with Gasteiger partial charge in [0.15, 0.2) is 0 Å². The van der Waals surface area contributed by atoms with Crippen LogP contribution in [0.4, 0.5) is 0 Å². The van der Waals surface area contributed by atoms with Gasteiger partial charge in [-0.25, -0.2) is 4.79 Å². The fourth-order valence-corrected chi connectivity index (χ4v) is 2.92. The first-order valence-electron chi connectivity index (χ1n) is 5.76. The van der Waals surface area contributed by atoms with Gasteiger partial charge in [0.05, 0.1) is 18.6 Å². The zero-order valence-electron chi connectivity index (χ0n) is 9.55. The highest BCUT2D eigenvalue weighted by Crippen LogP contribution is 2.48. The van der Waals surface area contributed by atoms with E-state index in [2.05, 4.69) is 6.58 Å². The van der Waals surface area contributed by atoms with Gasteiger partial charge in [-0.15, -0.1) is 0 Å². The Hall–Kier alpha value is -1.36. The van der Waals surface area contributed by atoms with Crippen LogP contribution in [-0.2, 0) is 23.8 Å². The lowest BCUT2D eigenvalue weighted by molar-refractivity contribution is -0.153. The number of rotatable bonds is 2. The Kier molecular flexibility index (Phi) is 2.26. The first-order valence-corrected chi connectivity index (χ1v) is 5.76. The van der Waals surface area contributed by atoms with E-state index in [9.17, 15) is 9.59 Å². The predicted molar refractivity (Wildman–Crippen MR) is 55.9 cm³/mol. The van der Waals surface area contributed by atoms with Gasteiger partial charge in [-0.3, -0.25) is 4.79 Å². The molecule has 4 unspecified atom stereocenters. The van der Waals surface area contributed by atoms with E-state index in [1.165, 1.54) is 0 Å². The van der Waals surface area contributed by atoms with Gasteiger partial charge in [0, 0.05) is 17.9 Å². The number of carbonyl (C=O) groups excluding carboxylic acids is 2. The molecule has 92 valence electrons. The molecule has 3 rings (SSSR count). The minimum absolute atomic E-state index is 0.0145. The van der Waals surface area contributed by atoms with Gasteiger partial charge >= 0.3 is 11.9 Å². The highest BCUT2D eigenvalue weighted by Gasteiger charge is 2.61. The number of ether oxygens (including phenoxy) is 3. The van der Waals surface area contributed by atoms with Crippen LogP contribution in [0.15, 0.2) is 12.2 Å². The minimum Gasteiger partial charge on any atom is -0.465 e. The molecular formula is C12H14O5. The largest absolute Gasteiger partial charge is 0.465 e. The maximum absolute atomic E-state index is 11.6. The van der Waals surface area contributed by atoms with Gasteiger partial charge in [0.25, 0.3) is 0 Å². The molecule has 17 heavy (non-hydrogen) atoms. The monoisotopic (exact) mass is 238 g/mol. The van der Waals surface area contributed by atoms with E-state index in [1.807, 2.05) is 0 Å². The van der Waals surface area contributed by atoms with Crippen LogP contribution in [0.1, 0.15) is 13.3 Å². The lowest BCUT2D eigenvalue weighted by Crippen LogP contribution is -2.40. The van der Waals surface area contributed by atoms with Crippen molar-refractivity contribution in [2.24, 2.45) is 11.8 Å². The Morgan fingerprint density at radius 3 is 3.00 bits per heavy atom. The van der Waals surface area contributed by atoms with Crippen molar-refractivity contribution >= 4 is 11.9 Å². The molecule has 3 aliphatic heterocycles. The summed E-state index contributed by atoms with van der Waals surface area (Å²) in [6.45, 7) is 5.57. The molecular weight excluding hydrogens is 224 g/mol. The standard InChI is InChI=1S/C12H14O5/c1-5(2)11(13)17-8-3-7-6-4-15-12(14)9(6)10(8)16-7/h6-10H,1,3-4H2,2H3/t6-,7?,8?,9?,10?/m1/s1. The summed E-state index contributed by atoms with van der Waals surface area (Å²) in [5.74, 6) is -0.753. The number of hydrogen-bond donors (Lipinski definition) is 0. The molecule has 5 atom stereocenters. The molecule has 3 saturated heterocycles. The third kappa shape index (κ3) is 1.49. The highest BCUT2D eigenvalue weighted by atomic mass is 16.6. The van der Waals surface area contributed by atoms with Crippen molar-refractivity contribution in [1.29, 1.82) is 0 Å². The van der Waals surface area contributed by atoms with E-state index >= 15 is 0 Å². The van der Waals surface area contributed by atoms with Crippen LogP contribution in [0.5, 0.6) is 0 Å². The fraction of sp³-hybridized carbons (Fsp3) is 0.667. The number of esters is 2. The van der Waals surface area contributed by atoms with Gasteiger partial charge in [0.1, 0.15) is 12.2 Å². The van der Waals surface area contributed by atoms with E-state index in [1.54, 1.807) is 6.92 Å². The molecule has 0 radical (unpaired) electrons. The van der Waals surface area contributed by atoms with Crippen molar-refractivity contribution < 1.29 is 23.8 Å². The molecule has 3 heterocycles. The SMILES string of the molecule is C=C(C)C(=O)OC1CC2OC1C1C(=O)OC[C@H]21. The van der Waals surface area contributed by atoms with Crippen molar-refractivity contribution in [3.8, 4) is 0 Å². The van der Waals surface area contributed by atoms with Gasteiger partial charge in [-0.05, 0) is 6.92 Å². The first kappa shape index (κ1) is 10.8. The average Bonchev–Trinajstić information content (AvgIpc) is 2.91. The summed E-state index contributed by atoms with van der Waals surface area (Å²) in [5.41, 5.74) is 0.360. The maximum Gasteiger partial charge on any atom is 0.333 e. The number of carbonyl (C=O) groups is 2. The molecule has 3 fully saturated rings. The summed E-state index contributed by atoms with van der Waals surface area (Å²) < 4.78 is 16.0. The summed E-state index contributed by atoms with van der Waals surface area (Å²) in [5, 5.41) is 0. The summed E-state index contributed by atoms with van der Waals surface area (Å²) >= 11 is 0. The number of cyclic esters (lactones) is 1. The molecule has 5 heteroatoms. The van der Waals surface area contributed by atoms with E-state index in [0.717, 1.165) is 0 Å². The van der Waals surface area contributed by atoms with Crippen LogP contribution in [-0.4, -0.2) is 36.9 Å². The molecule has 0 amide bonds. The molecule has 0 aromatic heterocycles. The van der Waals surface area contributed by atoms with Gasteiger partial charge in [0.2, 0.25) is 0 Å². The highest BCUT2D eigenvalue weighted by molar-refractivity contribution is 5.87. The fourth-order valence-electron chi connectivity index (χ4n) is 2.92. The lowest BCUT2D eigenvalue weighted by Gasteiger charge is -2.24. The van der Waals surface area contributed by atoms with Crippen molar-refractivity contribution in [1.82, 2.24) is 0 Å². The second-order valence-corrected chi connectivity index (χ2v) is 4.92. The van der Waals surface area contributed by atoms with Crippen LogP contribution >= 0.6 is 0 Å². The van der Waals surface area contributed by atoms with Gasteiger partial charge in [-0.1, -0.05) is 6.58 Å². The Labute approximate surface area is 98.7 Å². The molecule has 0 aromatic rings. The van der Waals surface area contributed by atoms with E-state index in [0.29, 0.717) is 18.6 Å². The van der Waals surface area contributed by atoms with Crippen LogP contribution in [0.3, 0.4) is 0 Å². The van der Waals surface area contributed by atoms with Crippen LogP contribution in [0, 0.1) is 11.8 Å². The topological polar surface area (TPSA) is 61.8 Å². The molecule has 0 aromatic carbocycles. The molecule has 3 aliphatic rings. The van der Waals surface area contributed by atoms with E-state index in [-0.39, 0.29) is 36.1 Å². The van der Waals surface area contributed by atoms with Crippen LogP contribution in [0.25, 0.3) is 0 Å². The summed E-state index contributed by atoms with van der Waals surface area (Å²) in [7, 11) is 0. The summed E-state index contributed by atoms with van der Waals surface area (Å²) in [4.78, 5) is 23.0. The van der Waals surface area contributed by atoms with Crippen LogP contribution < -0.4 is 0 Å². The minimum atomic E-state index is -0.422. The number of hydrogen-bond acceptors (Lipinski definition) is 5. The number of fused-ring (bicyclic) bond motifs is 5. The van der Waals surface area contributed by atoms with E-state index in [4.69, 9.17) is 14.2 Å². The Balaban J connectivity index is 1.73. The van der Waals surface area contributed by atoms with Crippen LogP contribution in [0.2, 0.25) is 0 Å². The lowest BCUT2D eigenvalue weighted by atomic mass is 9.80. The quantitative estimate of drug-likeness (QED) is 0.516. The molecule has 0 spiro atoms. The van der Waals surface area contributed by atoms with Crippen molar-refractivity contribution in [3.05, 3.63) is 12.2 Å². The predicted octanol–water partition coefficient (Wildman–Crippen LogP) is 0.435. The average molecular weight is 238 g/mol. The Morgan fingerprint density at radius 2 is 2.29 bits per heavy atom. The third-order valence-corrected chi connectivity index (χ3v) is 3.75. The third-order valence-electron chi connectivity index (χ3n) is 3.75. The smallest absolute Gasteiger partial charge is 0.333 e. The van der Waals surface area contributed by atoms with Crippen molar-refractivity contribution in [2.45, 2.75) is 31.7 Å². The second kappa shape index (κ2) is 3.57. The molecule has 2 bridgehead atoms. The zero-order valence-corrected chi connectivity index (χ0v) is 9.55. The Bertz CT molecular complexity index is 402.